The molecule has 0 heterocycles. The van der Waals surface area contributed by atoms with Gasteiger partial charge in [-0.2, -0.15) is 0 Å². The number of aliphatic hydroxyl groups excluding tert-OH is 1. The Bertz CT molecular complexity index is 476. The quantitative estimate of drug-likeness (QED) is 0.749. The molecule has 0 spiro atoms. The number of benzene rings is 1. The van der Waals surface area contributed by atoms with Crippen LogP contribution in [0.4, 0.5) is 0 Å². The molecule has 0 radical (unpaired) electrons. The predicted octanol–water partition coefficient (Wildman–Crippen LogP) is 0.765. The van der Waals surface area contributed by atoms with Crippen LogP contribution in [0.25, 0.3) is 0 Å². The van der Waals surface area contributed by atoms with Crippen molar-refractivity contribution in [3.05, 3.63) is 35.9 Å². The minimum atomic E-state index is -0.470. The second-order valence-corrected chi connectivity index (χ2v) is 5.46. The van der Waals surface area contributed by atoms with E-state index < -0.39 is 6.10 Å². The number of carbonyl (C=O) groups is 2. The molecule has 2 unspecified atom stereocenters. The van der Waals surface area contributed by atoms with Crippen LogP contribution in [0.2, 0.25) is 0 Å². The van der Waals surface area contributed by atoms with Gasteiger partial charge in [0, 0.05) is 0 Å². The zero-order chi connectivity index (χ0) is 15.1. The van der Waals surface area contributed by atoms with E-state index in [1.165, 1.54) is 0 Å². The Labute approximate surface area is 124 Å². The fraction of sp³-hybridized carbons (Fsp3) is 0.500. The van der Waals surface area contributed by atoms with E-state index in [2.05, 4.69) is 10.6 Å². The van der Waals surface area contributed by atoms with Crippen molar-refractivity contribution in [2.24, 2.45) is 0 Å². The van der Waals surface area contributed by atoms with Crippen molar-refractivity contribution in [1.29, 1.82) is 0 Å². The van der Waals surface area contributed by atoms with Crippen LogP contribution in [0.5, 0.6) is 0 Å². The van der Waals surface area contributed by atoms with Crippen LogP contribution in [-0.4, -0.2) is 35.6 Å². The van der Waals surface area contributed by atoms with Crippen LogP contribution in [-0.2, 0) is 16.0 Å². The molecular formula is C16H22N2O3. The van der Waals surface area contributed by atoms with Gasteiger partial charge < -0.3 is 15.7 Å². The SMILES string of the molecule is O=C(Cc1ccccc1)NCC(=O)NC1CCCCC1O. The van der Waals surface area contributed by atoms with Crippen LogP contribution in [0.3, 0.4) is 0 Å². The third-order valence-electron chi connectivity index (χ3n) is 3.73. The lowest BCUT2D eigenvalue weighted by Crippen LogP contribution is -2.48. The molecule has 0 saturated heterocycles. The number of amides is 2. The van der Waals surface area contributed by atoms with E-state index in [-0.39, 0.29) is 30.8 Å². The lowest BCUT2D eigenvalue weighted by Gasteiger charge is -2.28. The third-order valence-corrected chi connectivity index (χ3v) is 3.73. The maximum Gasteiger partial charge on any atom is 0.239 e. The first-order valence-corrected chi connectivity index (χ1v) is 7.43. The normalized spacial score (nSPS) is 21.6. The molecular weight excluding hydrogens is 268 g/mol. The Kier molecular flexibility index (Phi) is 5.75. The summed E-state index contributed by atoms with van der Waals surface area (Å²) in [6.45, 7) is -0.0467. The summed E-state index contributed by atoms with van der Waals surface area (Å²) in [7, 11) is 0. The van der Waals surface area contributed by atoms with Gasteiger partial charge in [0.2, 0.25) is 11.8 Å². The molecule has 1 aromatic carbocycles. The van der Waals surface area contributed by atoms with Gasteiger partial charge in [-0.1, -0.05) is 43.2 Å². The summed E-state index contributed by atoms with van der Waals surface area (Å²) in [6, 6.07) is 9.21. The van der Waals surface area contributed by atoms with Gasteiger partial charge in [-0.25, -0.2) is 0 Å². The van der Waals surface area contributed by atoms with E-state index in [9.17, 15) is 14.7 Å². The third kappa shape index (κ3) is 5.19. The Hall–Kier alpha value is -1.88. The molecule has 2 rings (SSSR count). The predicted molar refractivity (Wildman–Crippen MR) is 79.6 cm³/mol. The molecule has 5 nitrogen and oxygen atoms in total. The molecule has 2 atom stereocenters. The Morgan fingerprint density at radius 2 is 1.81 bits per heavy atom. The number of nitrogens with one attached hydrogen (secondary N) is 2. The highest BCUT2D eigenvalue weighted by atomic mass is 16.3. The average molecular weight is 290 g/mol. The zero-order valence-electron chi connectivity index (χ0n) is 12.0. The van der Waals surface area contributed by atoms with Gasteiger partial charge in [0.15, 0.2) is 0 Å². The van der Waals surface area contributed by atoms with Crippen LogP contribution < -0.4 is 10.6 Å². The van der Waals surface area contributed by atoms with Crippen molar-refractivity contribution < 1.29 is 14.7 Å². The summed E-state index contributed by atoms with van der Waals surface area (Å²) in [4.78, 5) is 23.5. The molecule has 1 fully saturated rings. The second-order valence-electron chi connectivity index (χ2n) is 5.46. The molecule has 1 aromatic rings. The van der Waals surface area contributed by atoms with Crippen molar-refractivity contribution >= 4 is 11.8 Å². The lowest BCUT2D eigenvalue weighted by atomic mass is 9.92. The van der Waals surface area contributed by atoms with Crippen molar-refractivity contribution in [3.8, 4) is 0 Å². The Balaban J connectivity index is 1.69. The summed E-state index contributed by atoms with van der Waals surface area (Å²) in [5.41, 5.74) is 0.915. The number of hydrogen-bond donors (Lipinski definition) is 3. The van der Waals surface area contributed by atoms with Crippen LogP contribution >= 0.6 is 0 Å². The van der Waals surface area contributed by atoms with Crippen molar-refractivity contribution in [1.82, 2.24) is 10.6 Å². The smallest absolute Gasteiger partial charge is 0.239 e. The van der Waals surface area contributed by atoms with Crippen LogP contribution in [0.1, 0.15) is 31.2 Å². The molecule has 0 aromatic heterocycles. The molecule has 21 heavy (non-hydrogen) atoms. The van der Waals surface area contributed by atoms with E-state index in [1.54, 1.807) is 0 Å². The zero-order valence-corrected chi connectivity index (χ0v) is 12.0. The first-order chi connectivity index (χ1) is 10.1. The first-order valence-electron chi connectivity index (χ1n) is 7.43. The number of aliphatic hydroxyl groups is 1. The molecule has 114 valence electrons. The summed E-state index contributed by atoms with van der Waals surface area (Å²) in [6.07, 6.45) is 3.34. The summed E-state index contributed by atoms with van der Waals surface area (Å²) in [5.74, 6) is -0.428. The second kappa shape index (κ2) is 7.78. The monoisotopic (exact) mass is 290 g/mol. The number of hydrogen-bond acceptors (Lipinski definition) is 3. The molecule has 0 aliphatic heterocycles. The van der Waals surface area contributed by atoms with Crippen molar-refractivity contribution in [2.45, 2.75) is 44.2 Å². The van der Waals surface area contributed by atoms with E-state index in [1.807, 2.05) is 30.3 Å². The molecule has 1 aliphatic rings. The molecule has 3 N–H and O–H groups in total. The van der Waals surface area contributed by atoms with Crippen LogP contribution in [0.15, 0.2) is 30.3 Å². The first kappa shape index (κ1) is 15.5. The molecule has 2 amide bonds. The maximum atomic E-state index is 11.8. The maximum absolute atomic E-state index is 11.8. The topological polar surface area (TPSA) is 78.4 Å². The van der Waals surface area contributed by atoms with E-state index >= 15 is 0 Å². The Morgan fingerprint density at radius 1 is 1.10 bits per heavy atom. The highest BCUT2D eigenvalue weighted by molar-refractivity contribution is 5.85. The van der Waals surface area contributed by atoms with E-state index in [4.69, 9.17) is 0 Å². The highest BCUT2D eigenvalue weighted by Gasteiger charge is 2.24. The fourth-order valence-corrected chi connectivity index (χ4v) is 2.56. The lowest BCUT2D eigenvalue weighted by molar-refractivity contribution is -0.126. The molecule has 1 aliphatic carbocycles. The van der Waals surface area contributed by atoms with Gasteiger partial charge >= 0.3 is 0 Å². The summed E-state index contributed by atoms with van der Waals surface area (Å²) in [5, 5.41) is 15.2. The van der Waals surface area contributed by atoms with Crippen molar-refractivity contribution in [2.75, 3.05) is 6.54 Å². The highest BCUT2D eigenvalue weighted by Crippen LogP contribution is 2.18. The van der Waals surface area contributed by atoms with Gasteiger partial charge in [0.25, 0.3) is 0 Å². The molecule has 5 heteroatoms. The summed E-state index contributed by atoms with van der Waals surface area (Å²) >= 11 is 0. The average Bonchev–Trinajstić information content (AvgIpc) is 2.49. The van der Waals surface area contributed by atoms with Crippen molar-refractivity contribution in [3.63, 3.8) is 0 Å². The Morgan fingerprint density at radius 3 is 2.52 bits per heavy atom. The fourth-order valence-electron chi connectivity index (χ4n) is 2.56. The minimum Gasteiger partial charge on any atom is -0.391 e. The summed E-state index contributed by atoms with van der Waals surface area (Å²) < 4.78 is 0. The van der Waals surface area contributed by atoms with Gasteiger partial charge in [0.05, 0.1) is 25.1 Å². The number of rotatable bonds is 5. The van der Waals surface area contributed by atoms with Gasteiger partial charge in [0.1, 0.15) is 0 Å². The van der Waals surface area contributed by atoms with E-state index in [0.29, 0.717) is 0 Å². The van der Waals surface area contributed by atoms with Gasteiger partial charge in [-0.15, -0.1) is 0 Å². The minimum absolute atomic E-state index is 0.0467. The molecule has 1 saturated carbocycles. The van der Waals surface area contributed by atoms with Gasteiger partial charge in [-0.3, -0.25) is 9.59 Å². The van der Waals surface area contributed by atoms with Crippen LogP contribution in [0, 0.1) is 0 Å². The number of carbonyl (C=O) groups excluding carboxylic acids is 2. The standard InChI is InChI=1S/C16H22N2O3/c19-14-9-5-4-8-13(14)18-16(21)11-17-15(20)10-12-6-2-1-3-7-12/h1-3,6-7,13-14,19H,4-5,8-11H2,(H,17,20)(H,18,21). The largest absolute Gasteiger partial charge is 0.391 e. The van der Waals surface area contributed by atoms with Gasteiger partial charge in [-0.05, 0) is 18.4 Å². The van der Waals surface area contributed by atoms with E-state index in [0.717, 1.165) is 31.2 Å². The molecule has 0 bridgehead atoms.